The number of hydrogen-bond acceptors (Lipinski definition) is 3. The fourth-order valence-electron chi connectivity index (χ4n) is 4.48. The van der Waals surface area contributed by atoms with Crippen molar-refractivity contribution in [3.05, 3.63) is 125 Å². The molecule has 0 saturated heterocycles. The summed E-state index contributed by atoms with van der Waals surface area (Å²) in [6.45, 7) is 2.06. The van der Waals surface area contributed by atoms with E-state index in [1.165, 1.54) is 4.90 Å². The summed E-state index contributed by atoms with van der Waals surface area (Å²) in [6, 6.07) is 28.6. The molecule has 4 aromatic carbocycles. The molecule has 1 atom stereocenters. The minimum Gasteiger partial charge on any atom is -0.593 e. The van der Waals surface area contributed by atoms with Crippen molar-refractivity contribution in [3.8, 4) is 11.5 Å². The van der Waals surface area contributed by atoms with Crippen molar-refractivity contribution in [2.24, 2.45) is 0 Å². The van der Waals surface area contributed by atoms with Gasteiger partial charge in [-0.05, 0) is 72.1 Å². The Balaban J connectivity index is 1.66. The number of phenolic OH excluding ortho intramolecular Hbond substituents is 1. The Kier molecular flexibility index (Phi) is 4.75. The molecule has 162 valence electrons. The highest BCUT2D eigenvalue weighted by Crippen LogP contribution is 2.41. The predicted octanol–water partition coefficient (Wildman–Crippen LogP) is 4.99. The smallest absolute Gasteiger partial charge is 0.266 e. The van der Waals surface area contributed by atoms with Crippen molar-refractivity contribution in [3.63, 3.8) is 0 Å². The van der Waals surface area contributed by atoms with Crippen molar-refractivity contribution in [2.45, 2.75) is 12.3 Å². The molecular formula is C28H22NO4+. The number of aromatic hydroxyl groups is 1. The monoisotopic (exact) mass is 436 g/mol. The van der Waals surface area contributed by atoms with E-state index in [4.69, 9.17) is 5.11 Å². The number of imide groups is 1. The highest BCUT2D eigenvalue weighted by molar-refractivity contribution is 6.34. The summed E-state index contributed by atoms with van der Waals surface area (Å²) in [4.78, 5) is 27.3. The van der Waals surface area contributed by atoms with Gasteiger partial charge in [-0.25, -0.2) is 4.90 Å². The van der Waals surface area contributed by atoms with E-state index in [9.17, 15) is 14.7 Å². The number of phenols is 1. The normalized spacial score (nSPS) is 14.8. The zero-order valence-electron chi connectivity index (χ0n) is 17.9. The van der Waals surface area contributed by atoms with E-state index in [-0.39, 0.29) is 17.6 Å². The van der Waals surface area contributed by atoms with Crippen LogP contribution >= 0.6 is 0 Å². The number of hydrogen-bond donors (Lipinski definition) is 1. The second kappa shape index (κ2) is 7.64. The van der Waals surface area contributed by atoms with Crippen LogP contribution in [0.1, 0.15) is 44.3 Å². The van der Waals surface area contributed by atoms with Gasteiger partial charge in [0, 0.05) is 17.5 Å². The van der Waals surface area contributed by atoms with Crippen LogP contribution in [0.25, 0.3) is 0 Å². The van der Waals surface area contributed by atoms with Crippen LogP contribution in [-0.4, -0.2) is 22.0 Å². The highest BCUT2D eigenvalue weighted by Gasteiger charge is 2.38. The third-order valence-electron chi connectivity index (χ3n) is 6.38. The third kappa shape index (κ3) is 3.26. The molecule has 1 aliphatic rings. The Hall–Kier alpha value is -4.38. The Bertz CT molecular complexity index is 1290. The van der Waals surface area contributed by atoms with Crippen molar-refractivity contribution < 1.29 is 19.8 Å². The standard InChI is InChI=1S/C28H21NO4/c1-28(18-9-13-22(30)14-10-18,19-11-15-23(31)16-12-19)20-5-4-6-21(17-20)29-26(32)24-7-2-3-8-25(24)27(29)33/h2-17,30-31H,1H3/p+1. The number of fused-ring (bicyclic) bond motifs is 1. The van der Waals surface area contributed by atoms with Crippen LogP contribution < -0.4 is 4.90 Å². The van der Waals surface area contributed by atoms with E-state index in [2.05, 4.69) is 6.92 Å². The first-order chi connectivity index (χ1) is 15.9. The van der Waals surface area contributed by atoms with E-state index in [0.717, 1.165) is 16.7 Å². The molecule has 0 aliphatic carbocycles. The molecule has 0 bridgehead atoms. The summed E-state index contributed by atoms with van der Waals surface area (Å²) in [7, 11) is 0. The molecule has 33 heavy (non-hydrogen) atoms. The van der Waals surface area contributed by atoms with Crippen molar-refractivity contribution >= 4 is 17.5 Å². The van der Waals surface area contributed by atoms with Crippen LogP contribution in [0.5, 0.6) is 11.5 Å². The highest BCUT2D eigenvalue weighted by atomic mass is 16.3. The topological polar surface area (TPSA) is 80.5 Å². The molecule has 0 aromatic heterocycles. The summed E-state index contributed by atoms with van der Waals surface area (Å²) in [6.07, 6.45) is 0. The molecule has 5 heteroatoms. The van der Waals surface area contributed by atoms with Crippen LogP contribution in [0.2, 0.25) is 0 Å². The average Bonchev–Trinajstić information content (AvgIpc) is 3.09. The number of carbonyl (C=O) groups excluding carboxylic acids is 2. The lowest BCUT2D eigenvalue weighted by Crippen LogP contribution is -2.30. The van der Waals surface area contributed by atoms with Gasteiger partial charge in [0.2, 0.25) is 0 Å². The maximum absolute atomic E-state index is 13.0. The Morgan fingerprint density at radius 1 is 0.697 bits per heavy atom. The second-order valence-corrected chi connectivity index (χ2v) is 8.29. The summed E-state index contributed by atoms with van der Waals surface area (Å²) in [5, 5.41) is 17.7. The number of rotatable bonds is 4. The lowest BCUT2D eigenvalue weighted by molar-refractivity contribution is 0.0926. The van der Waals surface area contributed by atoms with Gasteiger partial charge in [-0.2, -0.15) is 0 Å². The Morgan fingerprint density at radius 3 is 1.82 bits per heavy atom. The first kappa shape index (κ1) is 20.5. The first-order valence-corrected chi connectivity index (χ1v) is 10.6. The molecular weight excluding hydrogens is 414 g/mol. The number of carbonyl (C=O) groups is 2. The van der Waals surface area contributed by atoms with E-state index in [0.29, 0.717) is 22.6 Å². The molecule has 0 fully saturated rings. The summed E-state index contributed by atoms with van der Waals surface area (Å²) < 4.78 is 0. The lowest BCUT2D eigenvalue weighted by atomic mass is 9.71. The van der Waals surface area contributed by atoms with E-state index < -0.39 is 5.41 Å². The number of anilines is 1. The van der Waals surface area contributed by atoms with Crippen molar-refractivity contribution in [2.75, 3.05) is 4.90 Å². The zero-order valence-corrected chi connectivity index (χ0v) is 17.9. The van der Waals surface area contributed by atoms with Crippen molar-refractivity contribution in [1.29, 1.82) is 0 Å². The Morgan fingerprint density at radius 2 is 1.24 bits per heavy atom. The number of amides is 2. The summed E-state index contributed by atoms with van der Waals surface area (Å²) >= 11 is 0. The van der Waals surface area contributed by atoms with Gasteiger partial charge in [-0.15, -0.1) is 0 Å². The largest absolute Gasteiger partial charge is 0.593 e. The van der Waals surface area contributed by atoms with Gasteiger partial charge >= 0.3 is 0 Å². The molecule has 5 rings (SSSR count). The number of benzene rings is 4. The molecule has 2 amide bonds. The van der Waals surface area contributed by atoms with Crippen LogP contribution in [0.4, 0.5) is 5.69 Å². The van der Waals surface area contributed by atoms with Gasteiger partial charge < -0.3 is 10.2 Å². The van der Waals surface area contributed by atoms with Crippen molar-refractivity contribution in [1.82, 2.24) is 0 Å². The average molecular weight is 436 g/mol. The van der Waals surface area contributed by atoms with Crippen LogP contribution in [0.15, 0.2) is 97.1 Å². The molecule has 0 spiro atoms. The van der Waals surface area contributed by atoms with Crippen LogP contribution in [-0.2, 0) is 5.41 Å². The molecule has 5 nitrogen and oxygen atoms in total. The van der Waals surface area contributed by atoms with Gasteiger partial charge in [0.1, 0.15) is 5.75 Å². The number of nitrogens with zero attached hydrogens (tertiary/aromatic N) is 1. The molecule has 4 aromatic rings. The van der Waals surface area contributed by atoms with E-state index in [1.807, 2.05) is 42.5 Å². The molecule has 0 radical (unpaired) electrons. The molecule has 3 N–H and O–H groups in total. The van der Waals surface area contributed by atoms with Crippen LogP contribution in [0.3, 0.4) is 0 Å². The van der Waals surface area contributed by atoms with Gasteiger partial charge in [-0.3, -0.25) is 9.59 Å². The molecule has 1 heterocycles. The molecule has 0 saturated carbocycles. The minimum absolute atomic E-state index is 0.169. The SMILES string of the molecule is CC(c1ccc(O)cc1)(c1ccc([OH2+])cc1)c1cccc(N2C(=O)c3ccccc3C2=O)c1. The van der Waals surface area contributed by atoms with Gasteiger partial charge in [0.05, 0.1) is 16.8 Å². The fraction of sp³-hybridized carbons (Fsp3) is 0.0714. The van der Waals surface area contributed by atoms with E-state index >= 15 is 0 Å². The second-order valence-electron chi connectivity index (χ2n) is 8.29. The maximum Gasteiger partial charge on any atom is 0.266 e. The predicted molar refractivity (Wildman–Crippen MR) is 127 cm³/mol. The first-order valence-electron chi connectivity index (χ1n) is 10.6. The van der Waals surface area contributed by atoms with E-state index in [1.54, 1.807) is 54.6 Å². The zero-order chi connectivity index (χ0) is 23.2. The molecule has 1 unspecified atom stereocenters. The third-order valence-corrected chi connectivity index (χ3v) is 6.38. The van der Waals surface area contributed by atoms with Gasteiger partial charge in [-0.1, -0.05) is 36.4 Å². The minimum atomic E-state index is -0.657. The summed E-state index contributed by atoms with van der Waals surface area (Å²) in [5.74, 6) is -0.0933. The maximum atomic E-state index is 13.0. The van der Waals surface area contributed by atoms with Gasteiger partial charge in [0.15, 0.2) is 0 Å². The summed E-state index contributed by atoms with van der Waals surface area (Å²) in [5.41, 5.74) is 3.40. The van der Waals surface area contributed by atoms with Crippen LogP contribution in [0, 0.1) is 0 Å². The lowest BCUT2D eigenvalue weighted by Gasteiger charge is -2.32. The Labute approximate surface area is 191 Å². The fourth-order valence-corrected chi connectivity index (χ4v) is 4.48. The quantitative estimate of drug-likeness (QED) is 0.278. The van der Waals surface area contributed by atoms with Gasteiger partial charge in [0.25, 0.3) is 17.6 Å². The molecule has 1 aliphatic heterocycles.